The molecule has 0 N–H and O–H groups in total. The Labute approximate surface area is 689 Å². The van der Waals surface area contributed by atoms with Gasteiger partial charge in [-0.2, -0.15) is 0 Å². The molecule has 16 aromatic rings. The van der Waals surface area contributed by atoms with E-state index in [0.717, 1.165) is 115 Å². The number of hydrogen-bond acceptors (Lipinski definition) is 0. The molecule has 0 spiro atoms. The van der Waals surface area contributed by atoms with Gasteiger partial charge >= 0.3 is 0 Å². The van der Waals surface area contributed by atoms with Crippen LogP contribution in [-0.2, 0) is 32.7 Å². The molecular formula is C99H75N20+5. The van der Waals surface area contributed by atoms with Gasteiger partial charge in [0.25, 0.3) is 0 Å². The van der Waals surface area contributed by atoms with Crippen molar-refractivity contribution in [2.45, 2.75) is 123 Å². The van der Waals surface area contributed by atoms with Crippen LogP contribution in [0.25, 0.3) is 143 Å². The van der Waals surface area contributed by atoms with Gasteiger partial charge in [-0.1, -0.05) is 103 Å². The van der Waals surface area contributed by atoms with Crippen LogP contribution >= 0.6 is 0 Å². The third-order valence-electron chi connectivity index (χ3n) is 25.1. The third-order valence-corrected chi connectivity index (χ3v) is 25.1. The molecule has 0 aliphatic carbocycles. The van der Waals surface area contributed by atoms with Gasteiger partial charge in [-0.15, -0.1) is 46.8 Å². The van der Waals surface area contributed by atoms with Crippen molar-refractivity contribution in [3.8, 4) is 39.6 Å². The number of fused-ring (bicyclic) bond motifs is 25. The van der Waals surface area contributed by atoms with E-state index in [1.165, 1.54) is 112 Å². The van der Waals surface area contributed by atoms with Crippen molar-refractivity contribution >= 4 is 111 Å². The fraction of sp³-hybridized carbons (Fsp3) is 0.182. The Bertz CT molecular complexity index is 7800. The zero-order valence-corrected chi connectivity index (χ0v) is 68.0. The Hall–Kier alpha value is -16.3. The molecule has 0 saturated heterocycles. The summed E-state index contributed by atoms with van der Waals surface area (Å²) in [4.78, 5) is 36.0. The highest BCUT2D eigenvalue weighted by atomic mass is 15.5. The van der Waals surface area contributed by atoms with Crippen molar-refractivity contribution in [1.82, 2.24) is 23.4 Å². The lowest BCUT2D eigenvalue weighted by Gasteiger charge is -2.13. The maximum atomic E-state index is 7.59. The van der Waals surface area contributed by atoms with E-state index in [9.17, 15) is 0 Å². The molecule has 20 heteroatoms. The molecule has 0 atom stereocenters. The van der Waals surface area contributed by atoms with Gasteiger partial charge in [0.2, 0.25) is 59.4 Å². The maximum absolute atomic E-state index is 7.59. The Balaban J connectivity index is 0.000000106. The second-order valence-corrected chi connectivity index (χ2v) is 31.1. The molecule has 5 aliphatic rings. The first-order valence-electron chi connectivity index (χ1n) is 38.7. The molecule has 11 aromatic carbocycles. The largest absolute Gasteiger partial charge is 0.250 e. The Morgan fingerprint density at radius 3 is 1.05 bits per heavy atom. The smallest absolute Gasteiger partial charge is 0.224 e. The molecule has 566 valence electrons. The van der Waals surface area contributed by atoms with Gasteiger partial charge < -0.3 is 0 Å². The maximum Gasteiger partial charge on any atom is 0.224 e. The van der Waals surface area contributed by atoms with E-state index in [1.807, 2.05) is 48.5 Å². The van der Waals surface area contributed by atoms with Gasteiger partial charge in [-0.05, 0) is 198 Å². The average Bonchev–Trinajstić information content (AvgIpc) is 1.59. The quantitative estimate of drug-likeness (QED) is 0.116. The van der Waals surface area contributed by atoms with E-state index < -0.39 is 0 Å². The molecule has 5 aliphatic heterocycles. The van der Waals surface area contributed by atoms with Crippen LogP contribution in [0.3, 0.4) is 0 Å². The molecular weight excluding hydrogens is 1470 g/mol. The summed E-state index contributed by atoms with van der Waals surface area (Å²) in [6.07, 6.45) is 10.4. The van der Waals surface area contributed by atoms with Crippen molar-refractivity contribution in [3.63, 3.8) is 0 Å². The highest BCUT2D eigenvalue weighted by Crippen LogP contribution is 2.47. The van der Waals surface area contributed by atoms with Crippen LogP contribution in [0.4, 0.5) is 56.9 Å². The van der Waals surface area contributed by atoms with Crippen LogP contribution in [0.5, 0.6) is 0 Å². The highest BCUT2D eigenvalue weighted by molar-refractivity contribution is 6.03. The van der Waals surface area contributed by atoms with Gasteiger partial charge in [-0.3, -0.25) is 24.2 Å². The minimum atomic E-state index is 0.404. The van der Waals surface area contributed by atoms with Crippen LogP contribution in [0.15, 0.2) is 158 Å². The lowest BCUT2D eigenvalue weighted by atomic mass is 9.92. The Morgan fingerprint density at radius 2 is 0.588 bits per heavy atom. The lowest BCUT2D eigenvalue weighted by molar-refractivity contribution is -0.749. The highest BCUT2D eigenvalue weighted by Gasteiger charge is 2.39. The van der Waals surface area contributed by atoms with Crippen molar-refractivity contribution in [3.05, 3.63) is 373 Å². The van der Waals surface area contributed by atoms with Crippen LogP contribution in [0.1, 0.15) is 100 Å². The predicted molar refractivity (Wildman–Crippen MR) is 462 cm³/mol. The topological polar surface area (TPSA) is 87.6 Å². The minimum absolute atomic E-state index is 0.404. The molecule has 0 amide bonds. The van der Waals surface area contributed by atoms with Crippen molar-refractivity contribution in [1.29, 1.82) is 0 Å². The minimum Gasteiger partial charge on any atom is -0.250 e. The standard InChI is InChI=1S/C22H13N4.C20H17N4.3C19H15N4/c1-23-19-11-10-18-14-25-13-17-9-8-16(15-6-4-3-5-7-15)12-20(17)26(25)22(18)21(19)24-2;1-11-12(2)14(4)19-16(13(11)3)10-23-9-15-7-8-17(21-5)18(22-6)20(15)24(19)23;1-11-8-17-15(13(3)12(11)2)10-22-9-14-6-7-16(20-4)18(21-5)19(14)23(17)22;1-11-8-15-10-22-9-14-6-7-16(20-4)17(21-5)19(14)23(22)18(15)13(3)12(11)2;1-11-8-12(2)15-10-22-9-14-6-7-16(20-4)17(21-5)19(14)23(22)18(15)13(11)3/h3-12,14H,13H2;7-9H,10H2,1-4H3;3*6-9H,10H2,1-3H3/q5*+1. The number of hydrogen-bond donors (Lipinski definition) is 0. The summed E-state index contributed by atoms with van der Waals surface area (Å²) in [5, 5.41) is 5.01. The van der Waals surface area contributed by atoms with Gasteiger partial charge in [0.05, 0.1) is 109 Å². The molecule has 21 rings (SSSR count). The van der Waals surface area contributed by atoms with Gasteiger partial charge in [-0.25, -0.2) is 24.2 Å². The van der Waals surface area contributed by atoms with E-state index in [-0.39, 0.29) is 0 Å². The normalized spacial score (nSPS) is 11.8. The molecule has 119 heavy (non-hydrogen) atoms. The van der Waals surface area contributed by atoms with E-state index >= 15 is 0 Å². The summed E-state index contributed by atoms with van der Waals surface area (Å²) in [7, 11) is 0. The first kappa shape index (κ1) is 75.4. The second-order valence-electron chi connectivity index (χ2n) is 31.1. The SMILES string of the molecule is [C-]#[N+]c1ccc2c[n+]3n(c2c1[N+]#[C-])-c1c(C)c(C)c(C)c(C)c1C3.[C-]#[N+]c1ccc2c[n+]3n(c2c1[N+]#[C-])-c1c(C)c(C)cc(C)c1C3.[C-]#[N+]c1ccc2c[n+]3n(c2c1[N+]#[C-])-c1c(cc(C)c(C)c1C)C3.[C-]#[N+]c1ccc2c[n+]3n(c2c1[N+]#[C-])-c1cc(-c2ccccc2)ccc1C3.[C-]#[N+]c1ccc2c[n+]3n(c2c1[N+]#[C-])-c1cc(C)c(C)c(C)c1C3. The number of aromatic nitrogens is 10. The number of aryl methyl sites for hydroxylation is 4. The van der Waals surface area contributed by atoms with Crippen LogP contribution in [0.2, 0.25) is 0 Å². The molecule has 0 fully saturated rings. The van der Waals surface area contributed by atoms with E-state index in [0.29, 0.717) is 56.9 Å². The van der Waals surface area contributed by atoms with Gasteiger partial charge in [0.1, 0.15) is 56.0 Å². The zero-order valence-electron chi connectivity index (χ0n) is 68.0. The Kier molecular flexibility index (Phi) is 18.1. The molecule has 0 bridgehead atoms. The summed E-state index contributed by atoms with van der Waals surface area (Å²) in [6.45, 7) is 106. The molecule has 20 nitrogen and oxygen atoms in total. The summed E-state index contributed by atoms with van der Waals surface area (Å²) in [5.41, 5.74) is 39.6. The number of nitrogens with zero attached hydrogens (tertiary/aromatic N) is 20. The van der Waals surface area contributed by atoms with Crippen molar-refractivity contribution in [2.75, 3.05) is 0 Å². The third kappa shape index (κ3) is 11.4. The lowest BCUT2D eigenvalue weighted by Crippen LogP contribution is -2.36. The van der Waals surface area contributed by atoms with Gasteiger partial charge in [0, 0.05) is 11.1 Å². The van der Waals surface area contributed by atoms with Crippen molar-refractivity contribution < 1.29 is 23.4 Å². The molecule has 5 aromatic heterocycles. The van der Waals surface area contributed by atoms with Crippen molar-refractivity contribution in [2.24, 2.45) is 0 Å². The number of rotatable bonds is 1. The summed E-state index contributed by atoms with van der Waals surface area (Å²) < 4.78 is 21.3. The van der Waals surface area contributed by atoms with E-state index in [2.05, 4.69) is 265 Å². The summed E-state index contributed by atoms with van der Waals surface area (Å²) in [5.74, 6) is 0. The van der Waals surface area contributed by atoms with E-state index in [1.54, 1.807) is 30.3 Å². The first-order valence-corrected chi connectivity index (χ1v) is 38.7. The van der Waals surface area contributed by atoms with Crippen LogP contribution < -0.4 is 23.4 Å². The van der Waals surface area contributed by atoms with Gasteiger partial charge in [0.15, 0.2) is 61.2 Å². The predicted octanol–water partition coefficient (Wildman–Crippen LogP) is 22.6. The first-order chi connectivity index (χ1) is 57.5. The number of benzene rings is 11. The summed E-state index contributed by atoms with van der Waals surface area (Å²) in [6, 6.07) is 41.8. The fourth-order valence-electron chi connectivity index (χ4n) is 18.2. The monoisotopic (exact) mass is 1540 g/mol. The summed E-state index contributed by atoms with van der Waals surface area (Å²) >= 11 is 0. The zero-order chi connectivity index (χ0) is 83.7. The second kappa shape index (κ2) is 28.6. The average molecular weight is 1540 g/mol. The fourth-order valence-corrected chi connectivity index (χ4v) is 18.2. The molecule has 10 heterocycles. The van der Waals surface area contributed by atoms with Crippen LogP contribution in [0, 0.1) is 156 Å². The molecule has 0 unspecified atom stereocenters. The molecule has 0 radical (unpaired) electrons. The Morgan fingerprint density at radius 1 is 0.244 bits per heavy atom. The van der Waals surface area contributed by atoms with E-state index in [4.69, 9.17) is 65.7 Å². The van der Waals surface area contributed by atoms with Crippen LogP contribution in [-0.4, -0.2) is 23.4 Å². The molecule has 0 saturated carbocycles.